The van der Waals surface area contributed by atoms with Gasteiger partial charge < -0.3 is 4.74 Å². The predicted molar refractivity (Wildman–Crippen MR) is 164 cm³/mol. The van der Waals surface area contributed by atoms with Crippen LogP contribution in [0.3, 0.4) is 0 Å². The molecule has 0 fully saturated rings. The van der Waals surface area contributed by atoms with Crippen LogP contribution in [0, 0.1) is 19.8 Å². The van der Waals surface area contributed by atoms with E-state index in [1.165, 1.54) is 23.8 Å². The van der Waals surface area contributed by atoms with Crippen molar-refractivity contribution >= 4 is 22.3 Å². The molecule has 0 saturated heterocycles. The predicted octanol–water partition coefficient (Wildman–Crippen LogP) is 6.35. The van der Waals surface area contributed by atoms with Gasteiger partial charge in [0.1, 0.15) is 12.4 Å². The molecule has 3 aromatic carbocycles. The number of nitrogens with zero attached hydrogens (tertiary/aromatic N) is 3. The molecular formula is C33H36N4O4S. The molecule has 1 aliphatic heterocycles. The third-order valence-corrected chi connectivity index (χ3v) is 8.95. The van der Waals surface area contributed by atoms with Crippen LogP contribution in [0.5, 0.6) is 5.88 Å². The topological polar surface area (TPSA) is 101 Å². The van der Waals surface area contributed by atoms with E-state index in [-0.39, 0.29) is 34.4 Å². The highest BCUT2D eigenvalue weighted by Crippen LogP contribution is 2.38. The summed E-state index contributed by atoms with van der Waals surface area (Å²) in [4.78, 5) is 22.7. The van der Waals surface area contributed by atoms with E-state index in [2.05, 4.69) is 52.6 Å². The van der Waals surface area contributed by atoms with Gasteiger partial charge in [-0.15, -0.1) is 0 Å². The number of carbonyl (C=O) groups is 1. The normalized spacial score (nSPS) is 17.1. The standard InChI is InChI=1S/C33H36N4O4S/c1-21(2)16-29-32(27-15-7-6-13-25(27)19-37(29)5)41-30-18-28(31-22(3)10-8-11-23(31)4)34-33(35-30)36-42(39,40)26-14-9-12-24(17-26)20-38/h6-15,17-18,20-21,29,32H,16,19H2,1-5H3,(H,34,35,36)/t29-,32?/m0/s1. The van der Waals surface area contributed by atoms with Crippen molar-refractivity contribution in [3.05, 3.63) is 101 Å². The number of sulfonamides is 1. The van der Waals surface area contributed by atoms with Crippen LogP contribution in [-0.2, 0) is 16.6 Å². The molecule has 1 N–H and O–H groups in total. The van der Waals surface area contributed by atoms with Crippen LogP contribution in [0.15, 0.2) is 77.7 Å². The Labute approximate surface area is 247 Å². The van der Waals surface area contributed by atoms with Crippen LogP contribution < -0.4 is 9.46 Å². The van der Waals surface area contributed by atoms with Gasteiger partial charge in [0.05, 0.1) is 16.6 Å². The second-order valence-electron chi connectivity index (χ2n) is 11.3. The highest BCUT2D eigenvalue weighted by Gasteiger charge is 2.35. The van der Waals surface area contributed by atoms with Crippen LogP contribution >= 0.6 is 0 Å². The number of nitrogens with one attached hydrogen (secondary N) is 1. The molecule has 0 aliphatic carbocycles. The monoisotopic (exact) mass is 584 g/mol. The number of hydrogen-bond acceptors (Lipinski definition) is 7. The van der Waals surface area contributed by atoms with Gasteiger partial charge in [0.25, 0.3) is 10.0 Å². The van der Waals surface area contributed by atoms with Gasteiger partial charge in [-0.3, -0.25) is 9.69 Å². The molecule has 0 radical (unpaired) electrons. The Bertz CT molecular complexity index is 1700. The Morgan fingerprint density at radius 1 is 1.00 bits per heavy atom. The molecule has 9 heteroatoms. The summed E-state index contributed by atoms with van der Waals surface area (Å²) >= 11 is 0. The molecule has 0 bridgehead atoms. The number of aromatic nitrogens is 2. The highest BCUT2D eigenvalue weighted by atomic mass is 32.2. The molecule has 5 rings (SSSR count). The van der Waals surface area contributed by atoms with E-state index < -0.39 is 10.0 Å². The van der Waals surface area contributed by atoms with Crippen LogP contribution in [0.2, 0.25) is 0 Å². The molecular weight excluding hydrogens is 548 g/mol. The molecule has 0 amide bonds. The highest BCUT2D eigenvalue weighted by molar-refractivity contribution is 7.92. The van der Waals surface area contributed by atoms with Crippen LogP contribution in [0.1, 0.15) is 59.0 Å². The first-order valence-electron chi connectivity index (χ1n) is 14.0. The van der Waals surface area contributed by atoms with Gasteiger partial charge in [0.2, 0.25) is 11.8 Å². The number of benzene rings is 3. The minimum Gasteiger partial charge on any atom is -0.468 e. The van der Waals surface area contributed by atoms with Gasteiger partial charge in [0, 0.05) is 23.7 Å². The summed E-state index contributed by atoms with van der Waals surface area (Å²) in [5, 5.41) is 0. The van der Waals surface area contributed by atoms with Crippen molar-refractivity contribution in [3.63, 3.8) is 0 Å². The van der Waals surface area contributed by atoms with Crippen molar-refractivity contribution in [1.29, 1.82) is 0 Å². The fraction of sp³-hybridized carbons (Fsp3) is 0.303. The second-order valence-corrected chi connectivity index (χ2v) is 13.0. The summed E-state index contributed by atoms with van der Waals surface area (Å²) in [6.07, 6.45) is 1.20. The molecule has 42 heavy (non-hydrogen) atoms. The van der Waals surface area contributed by atoms with Gasteiger partial charge in [-0.25, -0.2) is 18.1 Å². The smallest absolute Gasteiger partial charge is 0.264 e. The van der Waals surface area contributed by atoms with Crippen molar-refractivity contribution in [1.82, 2.24) is 14.9 Å². The van der Waals surface area contributed by atoms with Gasteiger partial charge in [-0.2, -0.15) is 4.98 Å². The van der Waals surface area contributed by atoms with Gasteiger partial charge >= 0.3 is 0 Å². The molecule has 8 nitrogen and oxygen atoms in total. The molecule has 1 aromatic heterocycles. The lowest BCUT2D eigenvalue weighted by molar-refractivity contribution is 0.0461. The van der Waals surface area contributed by atoms with E-state index in [9.17, 15) is 13.2 Å². The number of aldehydes is 1. The van der Waals surface area contributed by atoms with E-state index in [1.54, 1.807) is 12.1 Å². The van der Waals surface area contributed by atoms with Crippen molar-refractivity contribution in [2.45, 2.75) is 57.7 Å². The number of rotatable bonds is 9. The number of carbonyl (C=O) groups excluding carboxylic acids is 1. The molecule has 1 aliphatic rings. The lowest BCUT2D eigenvalue weighted by atomic mass is 9.87. The van der Waals surface area contributed by atoms with Crippen LogP contribution in [0.25, 0.3) is 11.3 Å². The number of aryl methyl sites for hydroxylation is 2. The molecule has 0 saturated carbocycles. The zero-order valence-electron chi connectivity index (χ0n) is 24.5. The Balaban J connectivity index is 1.61. The zero-order valence-corrected chi connectivity index (χ0v) is 25.4. The van der Waals surface area contributed by atoms with E-state index in [1.807, 2.05) is 44.2 Å². The average Bonchev–Trinajstić information content (AvgIpc) is 2.94. The van der Waals surface area contributed by atoms with Crippen LogP contribution in [0.4, 0.5) is 5.95 Å². The van der Waals surface area contributed by atoms with Gasteiger partial charge in [0.15, 0.2) is 0 Å². The second kappa shape index (κ2) is 12.0. The van der Waals surface area contributed by atoms with Crippen molar-refractivity contribution in [2.75, 3.05) is 11.8 Å². The number of ether oxygens (including phenoxy) is 1. The molecule has 4 aromatic rings. The molecule has 0 spiro atoms. The maximum atomic E-state index is 13.4. The quantitative estimate of drug-likeness (QED) is 0.229. The SMILES string of the molecule is Cc1cccc(C)c1-c1cc(OC2c3ccccc3CN(C)[C@H]2CC(C)C)nc(NS(=O)(=O)c2cccc(C=O)c2)n1. The van der Waals surface area contributed by atoms with E-state index in [0.717, 1.165) is 35.2 Å². The third kappa shape index (κ3) is 6.22. The van der Waals surface area contributed by atoms with E-state index in [4.69, 9.17) is 4.74 Å². The average molecular weight is 585 g/mol. The summed E-state index contributed by atoms with van der Waals surface area (Å²) in [6, 6.07) is 21.9. The van der Waals surface area contributed by atoms with E-state index >= 15 is 0 Å². The summed E-state index contributed by atoms with van der Waals surface area (Å²) in [7, 11) is -1.99. The van der Waals surface area contributed by atoms with Crippen LogP contribution in [-0.4, -0.2) is 42.7 Å². The molecule has 1 unspecified atom stereocenters. The van der Waals surface area contributed by atoms with Gasteiger partial charge in [-0.1, -0.05) is 68.4 Å². The first kappa shape index (κ1) is 29.4. The first-order valence-corrected chi connectivity index (χ1v) is 15.5. The van der Waals surface area contributed by atoms with Gasteiger partial charge in [-0.05, 0) is 67.6 Å². The maximum absolute atomic E-state index is 13.4. The number of hydrogen-bond donors (Lipinski definition) is 1. The lowest BCUT2D eigenvalue weighted by Gasteiger charge is -2.41. The number of fused-ring (bicyclic) bond motifs is 1. The summed E-state index contributed by atoms with van der Waals surface area (Å²) in [5.74, 6) is 0.597. The van der Waals surface area contributed by atoms with E-state index in [0.29, 0.717) is 17.9 Å². The van der Waals surface area contributed by atoms with Crippen molar-refractivity contribution in [2.24, 2.45) is 5.92 Å². The molecule has 218 valence electrons. The largest absolute Gasteiger partial charge is 0.468 e. The Morgan fingerprint density at radius 2 is 1.71 bits per heavy atom. The van der Waals surface area contributed by atoms with Crippen molar-refractivity contribution < 1.29 is 17.9 Å². The number of likely N-dealkylation sites (N-methyl/N-ethyl adjacent to an activating group) is 1. The third-order valence-electron chi connectivity index (χ3n) is 7.63. The Kier molecular flexibility index (Phi) is 8.43. The fourth-order valence-corrected chi connectivity index (χ4v) is 6.65. The first-order chi connectivity index (χ1) is 20.1. The number of anilines is 1. The maximum Gasteiger partial charge on any atom is 0.264 e. The minimum absolute atomic E-state index is 0.0597. The lowest BCUT2D eigenvalue weighted by Crippen LogP contribution is -2.43. The molecule has 2 atom stereocenters. The summed E-state index contributed by atoms with van der Waals surface area (Å²) < 4.78 is 36.0. The molecule has 2 heterocycles. The minimum atomic E-state index is -4.10. The fourth-order valence-electron chi connectivity index (χ4n) is 5.65. The Hall–Kier alpha value is -4.08. The Morgan fingerprint density at radius 3 is 2.43 bits per heavy atom. The van der Waals surface area contributed by atoms with Crippen molar-refractivity contribution in [3.8, 4) is 17.1 Å². The zero-order chi connectivity index (χ0) is 30.0. The summed E-state index contributed by atoms with van der Waals surface area (Å²) in [5.41, 5.74) is 5.95. The summed E-state index contributed by atoms with van der Waals surface area (Å²) in [6.45, 7) is 9.19.